The monoisotopic (exact) mass is 560 g/mol. The number of imidazole rings is 1. The zero-order chi connectivity index (χ0) is 29.0. The number of aliphatic hydroxyl groups excluding tert-OH is 1. The van der Waals surface area contributed by atoms with E-state index in [9.17, 15) is 14.7 Å². The average molecular weight is 561 g/mol. The first-order valence-electron chi connectivity index (χ1n) is 16.7. The maximum Gasteiger partial charge on any atom is 0.231 e. The molecule has 40 heavy (non-hydrogen) atoms. The van der Waals surface area contributed by atoms with Gasteiger partial charge in [-0.05, 0) is 32.2 Å². The quantitative estimate of drug-likeness (QED) is 0.137. The highest BCUT2D eigenvalue weighted by Gasteiger charge is 2.31. The Bertz CT molecular complexity index is 825. The number of Topliss-reactive ketones (excluding diaryl/α,β-unsaturated/α-hetero) is 1. The van der Waals surface area contributed by atoms with Crippen LogP contribution in [0.1, 0.15) is 152 Å². The summed E-state index contributed by atoms with van der Waals surface area (Å²) in [5, 5.41) is 13.7. The van der Waals surface area contributed by atoms with Crippen LogP contribution in [0.2, 0.25) is 0 Å². The third-order valence-corrected chi connectivity index (χ3v) is 8.58. The van der Waals surface area contributed by atoms with Crippen LogP contribution in [-0.2, 0) is 11.8 Å². The molecule has 1 aliphatic rings. The molecule has 0 fully saturated rings. The van der Waals surface area contributed by atoms with E-state index in [0.717, 1.165) is 45.2 Å². The first-order valence-corrected chi connectivity index (χ1v) is 16.7. The van der Waals surface area contributed by atoms with Gasteiger partial charge in [0.2, 0.25) is 5.91 Å². The van der Waals surface area contributed by atoms with Gasteiger partial charge in [-0.15, -0.1) is 0 Å². The zero-order valence-corrected chi connectivity index (χ0v) is 26.1. The number of carbonyl (C=O) groups is 2. The second-order valence-corrected chi connectivity index (χ2v) is 12.2. The van der Waals surface area contributed by atoms with Crippen molar-refractivity contribution in [1.29, 1.82) is 0 Å². The number of carbonyl (C=O) groups excluding carboxylic acids is 2. The van der Waals surface area contributed by atoms with Crippen molar-refractivity contribution in [3.63, 3.8) is 0 Å². The lowest BCUT2D eigenvalue weighted by molar-refractivity contribution is -0.122. The van der Waals surface area contributed by atoms with E-state index < -0.39 is 0 Å². The summed E-state index contributed by atoms with van der Waals surface area (Å²) in [6.07, 6.45) is 25.8. The molecule has 0 saturated heterocycles. The van der Waals surface area contributed by atoms with Gasteiger partial charge in [0, 0.05) is 33.0 Å². The molecule has 7 heteroatoms. The summed E-state index contributed by atoms with van der Waals surface area (Å²) >= 11 is 0. The van der Waals surface area contributed by atoms with Gasteiger partial charge in [0.15, 0.2) is 11.6 Å². The lowest BCUT2D eigenvalue weighted by atomic mass is 9.91. The summed E-state index contributed by atoms with van der Waals surface area (Å²) in [6, 6.07) is 0. The number of ketones is 1. The van der Waals surface area contributed by atoms with Crippen molar-refractivity contribution in [3.8, 4) is 0 Å². The van der Waals surface area contributed by atoms with Crippen molar-refractivity contribution >= 4 is 17.5 Å². The maximum atomic E-state index is 13.0. The summed E-state index contributed by atoms with van der Waals surface area (Å²) in [6.45, 7) is 4.02. The van der Waals surface area contributed by atoms with E-state index in [0.29, 0.717) is 24.4 Å². The highest BCUT2D eigenvalue weighted by atomic mass is 16.3. The second-order valence-electron chi connectivity index (χ2n) is 12.2. The van der Waals surface area contributed by atoms with Crippen LogP contribution >= 0.6 is 0 Å². The van der Waals surface area contributed by atoms with Crippen LogP contribution in [0.3, 0.4) is 0 Å². The fraction of sp³-hybridized carbons (Fsp3) is 0.848. The van der Waals surface area contributed by atoms with Crippen molar-refractivity contribution in [2.24, 2.45) is 13.0 Å². The highest BCUT2D eigenvalue weighted by Crippen LogP contribution is 2.28. The van der Waals surface area contributed by atoms with Gasteiger partial charge in [0.05, 0.1) is 12.4 Å². The van der Waals surface area contributed by atoms with Gasteiger partial charge in [-0.25, -0.2) is 4.98 Å². The van der Waals surface area contributed by atoms with Crippen LogP contribution in [-0.4, -0.2) is 52.6 Å². The normalized spacial score (nSPS) is 16.7. The molecule has 0 saturated carbocycles. The van der Waals surface area contributed by atoms with E-state index in [1.54, 1.807) is 29.9 Å². The van der Waals surface area contributed by atoms with Gasteiger partial charge >= 0.3 is 0 Å². The van der Waals surface area contributed by atoms with Crippen LogP contribution in [0.5, 0.6) is 0 Å². The number of nitrogens with one attached hydrogen (secondary N) is 1. The van der Waals surface area contributed by atoms with Crippen molar-refractivity contribution in [2.75, 3.05) is 25.0 Å². The summed E-state index contributed by atoms with van der Waals surface area (Å²) in [4.78, 5) is 31.5. The predicted molar refractivity (Wildman–Crippen MR) is 166 cm³/mol. The summed E-state index contributed by atoms with van der Waals surface area (Å²) in [5.41, 5.74) is 0.544. The molecule has 2 heterocycles. The molecule has 2 unspecified atom stereocenters. The van der Waals surface area contributed by atoms with Crippen LogP contribution in [0, 0.1) is 5.92 Å². The lowest BCUT2D eigenvalue weighted by Crippen LogP contribution is -2.36. The van der Waals surface area contributed by atoms with E-state index in [1.165, 1.54) is 89.9 Å². The van der Waals surface area contributed by atoms with Gasteiger partial charge in [-0.1, -0.05) is 110 Å². The maximum absolute atomic E-state index is 13.0. The molecule has 2 rings (SSSR count). The van der Waals surface area contributed by atoms with Crippen molar-refractivity contribution in [2.45, 2.75) is 148 Å². The number of rotatable bonds is 23. The van der Waals surface area contributed by atoms with Gasteiger partial charge in [-0.2, -0.15) is 0 Å². The number of aliphatic hydroxyl groups is 1. The number of aromatic nitrogens is 2. The molecule has 0 bridgehead atoms. The number of amides is 1. The number of hydrogen-bond acceptors (Lipinski definition) is 5. The van der Waals surface area contributed by atoms with Gasteiger partial charge in [0.25, 0.3) is 0 Å². The molecule has 1 aliphatic heterocycles. The molecule has 0 spiro atoms. The Morgan fingerprint density at radius 1 is 0.875 bits per heavy atom. The van der Waals surface area contributed by atoms with E-state index in [1.807, 2.05) is 0 Å². The summed E-state index contributed by atoms with van der Waals surface area (Å²) in [5.74, 6) is 0.569. The summed E-state index contributed by atoms with van der Waals surface area (Å²) < 4.78 is 1.72. The molecule has 2 N–H and O–H groups in total. The third kappa shape index (κ3) is 13.3. The van der Waals surface area contributed by atoms with Crippen LogP contribution in [0.4, 0.5) is 5.82 Å². The van der Waals surface area contributed by atoms with Gasteiger partial charge < -0.3 is 15.0 Å². The van der Waals surface area contributed by atoms with E-state index in [4.69, 9.17) is 0 Å². The molecular formula is C33H60N4O3. The predicted octanol–water partition coefficient (Wildman–Crippen LogP) is 7.36. The van der Waals surface area contributed by atoms with Gasteiger partial charge in [-0.3, -0.25) is 14.5 Å². The number of fused-ring (bicyclic) bond motifs is 1. The minimum absolute atomic E-state index is 0.0781. The Labute approximate surface area is 244 Å². The molecule has 1 amide bonds. The van der Waals surface area contributed by atoms with Crippen molar-refractivity contribution in [1.82, 2.24) is 14.9 Å². The number of unbranched alkanes of at least 4 members (excludes halogenated alkanes) is 15. The number of hydrogen-bond donors (Lipinski definition) is 2. The topological polar surface area (TPSA) is 87.5 Å². The molecule has 2 atom stereocenters. The number of nitrogens with zero attached hydrogens (tertiary/aromatic N) is 3. The van der Waals surface area contributed by atoms with Crippen LogP contribution < -0.4 is 10.2 Å². The molecule has 0 radical (unpaired) electrons. The van der Waals surface area contributed by atoms with Crippen molar-refractivity contribution in [3.05, 3.63) is 12.0 Å². The molecule has 0 aromatic carbocycles. The largest absolute Gasteiger partial charge is 0.392 e. The SMILES string of the molecule is CCCCCCCCCCCCNCC(O)CCCCCCCCCC1CCC(=O)c2c(ncn2C)N(C)C1=O. The number of aryl methyl sites for hydroxylation is 1. The fourth-order valence-electron chi connectivity index (χ4n) is 5.94. The Morgan fingerprint density at radius 3 is 2.10 bits per heavy atom. The Hall–Kier alpha value is -1.73. The average Bonchev–Trinajstić information content (AvgIpc) is 3.33. The molecule has 1 aromatic rings. The number of anilines is 1. The Balaban J connectivity index is 1.40. The first-order chi connectivity index (χ1) is 19.5. The van der Waals surface area contributed by atoms with Crippen LogP contribution in [0.15, 0.2) is 6.33 Å². The highest BCUT2D eigenvalue weighted by molar-refractivity contribution is 6.05. The minimum Gasteiger partial charge on any atom is -0.392 e. The minimum atomic E-state index is -0.225. The third-order valence-electron chi connectivity index (χ3n) is 8.58. The second kappa shape index (κ2) is 21.0. The molecule has 7 nitrogen and oxygen atoms in total. The van der Waals surface area contributed by atoms with Crippen LogP contribution in [0.25, 0.3) is 0 Å². The summed E-state index contributed by atoms with van der Waals surface area (Å²) in [7, 11) is 3.55. The van der Waals surface area contributed by atoms with Gasteiger partial charge in [0.1, 0.15) is 5.69 Å². The molecule has 0 aliphatic carbocycles. The molecule has 230 valence electrons. The molecular weight excluding hydrogens is 500 g/mol. The first kappa shape index (κ1) is 34.5. The zero-order valence-electron chi connectivity index (χ0n) is 26.1. The van der Waals surface area contributed by atoms with E-state index >= 15 is 0 Å². The van der Waals surface area contributed by atoms with E-state index in [2.05, 4.69) is 17.2 Å². The molecule has 1 aromatic heterocycles. The van der Waals surface area contributed by atoms with E-state index in [-0.39, 0.29) is 23.7 Å². The van der Waals surface area contributed by atoms with Crippen molar-refractivity contribution < 1.29 is 14.7 Å². The Kier molecular flexibility index (Phi) is 18.1. The Morgan fingerprint density at radius 2 is 1.45 bits per heavy atom. The fourth-order valence-corrected chi connectivity index (χ4v) is 5.94. The smallest absolute Gasteiger partial charge is 0.231 e. The standard InChI is InChI=1S/C33H60N4O3/c1-4-5-6-7-8-9-10-14-17-20-25-34-26-29(38)22-19-16-13-11-12-15-18-21-28-23-24-30(39)31-32(35-27-36(31)2)37(3)33(28)40/h27-29,34,38H,4-26H2,1-3H3. The lowest BCUT2D eigenvalue weighted by Gasteiger charge is -2.25.